The minimum absolute atomic E-state index is 0.0140. The summed E-state index contributed by atoms with van der Waals surface area (Å²) in [5, 5.41) is 8.89. The molecule has 16 heavy (non-hydrogen) atoms. The molecule has 1 saturated carbocycles. The number of aromatic nitrogens is 3. The van der Waals surface area contributed by atoms with Crippen molar-refractivity contribution in [2.45, 2.75) is 25.2 Å². The highest BCUT2D eigenvalue weighted by Crippen LogP contribution is 2.35. The Hall–Kier alpha value is -1.91. The predicted octanol–water partition coefficient (Wildman–Crippen LogP) is 1.70. The normalized spacial score (nSPS) is 16.2. The molecule has 0 aromatic carbocycles. The standard InChI is InChI=1S/C11H11N3O2/c15-11(16)9-10-12-4-8(7-2-1-3-7)5-14(10)6-13-9/h4-7H,1-3H2,(H,15,16). The van der Waals surface area contributed by atoms with Crippen molar-refractivity contribution >= 4 is 11.6 Å². The second kappa shape index (κ2) is 3.30. The van der Waals surface area contributed by atoms with Crippen molar-refractivity contribution in [3.05, 3.63) is 30.0 Å². The first-order valence-electron chi connectivity index (χ1n) is 5.31. The molecule has 2 aromatic heterocycles. The summed E-state index contributed by atoms with van der Waals surface area (Å²) in [5.41, 5.74) is 1.60. The lowest BCUT2D eigenvalue weighted by Crippen LogP contribution is -2.10. The van der Waals surface area contributed by atoms with Crippen LogP contribution < -0.4 is 0 Å². The third-order valence-corrected chi connectivity index (χ3v) is 3.17. The van der Waals surface area contributed by atoms with Crippen LogP contribution in [0.15, 0.2) is 18.7 Å². The fraction of sp³-hybridized carbons (Fsp3) is 0.364. The second-order valence-electron chi connectivity index (χ2n) is 4.14. The Labute approximate surface area is 91.8 Å². The predicted molar refractivity (Wildman–Crippen MR) is 56.5 cm³/mol. The van der Waals surface area contributed by atoms with Gasteiger partial charge in [-0.05, 0) is 24.3 Å². The van der Waals surface area contributed by atoms with Gasteiger partial charge >= 0.3 is 5.97 Å². The third kappa shape index (κ3) is 1.28. The molecule has 1 aliphatic rings. The Morgan fingerprint density at radius 1 is 1.44 bits per heavy atom. The molecule has 0 unspecified atom stereocenters. The van der Waals surface area contributed by atoms with Crippen LogP contribution in [0.2, 0.25) is 0 Å². The number of fused-ring (bicyclic) bond motifs is 1. The summed E-state index contributed by atoms with van der Waals surface area (Å²) in [6, 6.07) is 0. The molecule has 5 heteroatoms. The van der Waals surface area contributed by atoms with E-state index in [0.29, 0.717) is 11.6 Å². The lowest BCUT2D eigenvalue weighted by molar-refractivity contribution is 0.0693. The van der Waals surface area contributed by atoms with E-state index in [1.54, 1.807) is 10.6 Å². The van der Waals surface area contributed by atoms with Gasteiger partial charge < -0.3 is 5.11 Å². The van der Waals surface area contributed by atoms with Gasteiger partial charge in [-0.25, -0.2) is 14.8 Å². The highest BCUT2D eigenvalue weighted by Gasteiger charge is 2.21. The van der Waals surface area contributed by atoms with E-state index in [1.807, 2.05) is 6.20 Å². The van der Waals surface area contributed by atoms with E-state index in [9.17, 15) is 4.79 Å². The number of carboxylic acids is 1. The van der Waals surface area contributed by atoms with E-state index in [-0.39, 0.29) is 5.69 Å². The lowest BCUT2D eigenvalue weighted by Gasteiger charge is -2.25. The van der Waals surface area contributed by atoms with Gasteiger partial charge in [0.15, 0.2) is 11.3 Å². The smallest absolute Gasteiger partial charge is 0.358 e. The average Bonchev–Trinajstić information content (AvgIpc) is 2.57. The molecular formula is C11H11N3O2. The van der Waals surface area contributed by atoms with Crippen LogP contribution in [0.25, 0.3) is 5.65 Å². The quantitative estimate of drug-likeness (QED) is 0.831. The molecule has 5 nitrogen and oxygen atoms in total. The van der Waals surface area contributed by atoms with Crippen LogP contribution >= 0.6 is 0 Å². The van der Waals surface area contributed by atoms with Gasteiger partial charge in [0.1, 0.15) is 6.33 Å². The molecule has 2 aromatic rings. The number of hydrogen-bond acceptors (Lipinski definition) is 3. The number of nitrogens with zero attached hydrogens (tertiary/aromatic N) is 3. The van der Waals surface area contributed by atoms with Gasteiger partial charge in [-0.3, -0.25) is 4.40 Å². The van der Waals surface area contributed by atoms with Crippen molar-refractivity contribution in [3.63, 3.8) is 0 Å². The zero-order chi connectivity index (χ0) is 11.1. The molecule has 0 bridgehead atoms. The monoisotopic (exact) mass is 217 g/mol. The zero-order valence-corrected chi connectivity index (χ0v) is 8.63. The summed E-state index contributed by atoms with van der Waals surface area (Å²) in [7, 11) is 0. The zero-order valence-electron chi connectivity index (χ0n) is 8.63. The summed E-state index contributed by atoms with van der Waals surface area (Å²) < 4.78 is 1.69. The first-order chi connectivity index (χ1) is 7.75. The number of rotatable bonds is 2. The van der Waals surface area contributed by atoms with Crippen molar-refractivity contribution in [2.75, 3.05) is 0 Å². The summed E-state index contributed by atoms with van der Waals surface area (Å²) in [6.45, 7) is 0. The Kier molecular flexibility index (Phi) is 1.92. The first kappa shape index (κ1) is 9.33. The van der Waals surface area contributed by atoms with Crippen LogP contribution in [0.4, 0.5) is 0 Å². The largest absolute Gasteiger partial charge is 0.476 e. The summed E-state index contributed by atoms with van der Waals surface area (Å²) in [4.78, 5) is 18.9. The fourth-order valence-corrected chi connectivity index (χ4v) is 2.01. The molecule has 2 heterocycles. The molecule has 0 spiro atoms. The van der Waals surface area contributed by atoms with E-state index in [2.05, 4.69) is 9.97 Å². The van der Waals surface area contributed by atoms with Crippen LogP contribution in [0.5, 0.6) is 0 Å². The van der Waals surface area contributed by atoms with E-state index in [1.165, 1.54) is 31.2 Å². The van der Waals surface area contributed by atoms with E-state index < -0.39 is 5.97 Å². The Balaban J connectivity index is 2.09. The van der Waals surface area contributed by atoms with Crippen LogP contribution in [0, 0.1) is 0 Å². The fourth-order valence-electron chi connectivity index (χ4n) is 2.01. The van der Waals surface area contributed by atoms with Gasteiger partial charge in [0, 0.05) is 12.4 Å². The number of imidazole rings is 1. The molecule has 1 fully saturated rings. The van der Waals surface area contributed by atoms with Crippen LogP contribution in [0.1, 0.15) is 41.2 Å². The van der Waals surface area contributed by atoms with Gasteiger partial charge in [-0.2, -0.15) is 0 Å². The molecule has 0 atom stereocenters. The molecule has 1 aliphatic carbocycles. The van der Waals surface area contributed by atoms with Crippen LogP contribution in [0.3, 0.4) is 0 Å². The number of hydrogen-bond donors (Lipinski definition) is 1. The summed E-state index contributed by atoms with van der Waals surface area (Å²) in [6.07, 6.45) is 8.89. The summed E-state index contributed by atoms with van der Waals surface area (Å²) in [5.74, 6) is -0.445. The van der Waals surface area contributed by atoms with Gasteiger partial charge in [0.05, 0.1) is 0 Å². The molecule has 0 amide bonds. The second-order valence-corrected chi connectivity index (χ2v) is 4.14. The maximum absolute atomic E-state index is 10.8. The highest BCUT2D eigenvalue weighted by atomic mass is 16.4. The molecule has 1 N–H and O–H groups in total. The Morgan fingerprint density at radius 3 is 2.88 bits per heavy atom. The Morgan fingerprint density at radius 2 is 2.25 bits per heavy atom. The summed E-state index contributed by atoms with van der Waals surface area (Å²) >= 11 is 0. The van der Waals surface area contributed by atoms with Crippen LogP contribution in [-0.2, 0) is 0 Å². The molecule has 0 radical (unpaired) electrons. The van der Waals surface area contributed by atoms with Crippen molar-refractivity contribution < 1.29 is 9.90 Å². The Bertz CT molecular complexity index is 557. The van der Waals surface area contributed by atoms with E-state index >= 15 is 0 Å². The molecule has 0 saturated heterocycles. The third-order valence-electron chi connectivity index (χ3n) is 3.17. The number of carbonyl (C=O) groups is 1. The van der Waals surface area contributed by atoms with Gasteiger partial charge in [-0.1, -0.05) is 6.42 Å². The van der Waals surface area contributed by atoms with Gasteiger partial charge in [0.2, 0.25) is 0 Å². The number of aromatic carboxylic acids is 1. The van der Waals surface area contributed by atoms with Crippen molar-refractivity contribution in [1.29, 1.82) is 0 Å². The van der Waals surface area contributed by atoms with Gasteiger partial charge in [-0.15, -0.1) is 0 Å². The topological polar surface area (TPSA) is 67.5 Å². The van der Waals surface area contributed by atoms with Crippen molar-refractivity contribution in [1.82, 2.24) is 14.4 Å². The minimum atomic E-state index is -1.04. The lowest BCUT2D eigenvalue weighted by atomic mass is 9.81. The molecule has 82 valence electrons. The van der Waals surface area contributed by atoms with Crippen LogP contribution in [-0.4, -0.2) is 25.4 Å². The molecule has 0 aliphatic heterocycles. The van der Waals surface area contributed by atoms with E-state index in [0.717, 1.165) is 0 Å². The van der Waals surface area contributed by atoms with Crippen molar-refractivity contribution in [3.8, 4) is 0 Å². The van der Waals surface area contributed by atoms with Gasteiger partial charge in [0.25, 0.3) is 0 Å². The molecular weight excluding hydrogens is 206 g/mol. The average molecular weight is 217 g/mol. The minimum Gasteiger partial charge on any atom is -0.476 e. The van der Waals surface area contributed by atoms with Crippen molar-refractivity contribution in [2.24, 2.45) is 0 Å². The number of carboxylic acid groups (broad SMARTS) is 1. The molecule has 3 rings (SSSR count). The SMILES string of the molecule is O=C(O)c1ncn2cc(C3CCC3)cnc12. The van der Waals surface area contributed by atoms with E-state index in [4.69, 9.17) is 5.11 Å². The maximum atomic E-state index is 10.8. The maximum Gasteiger partial charge on any atom is 0.358 e. The first-order valence-corrected chi connectivity index (χ1v) is 5.31. The highest BCUT2D eigenvalue weighted by molar-refractivity contribution is 5.92.